The van der Waals surface area contributed by atoms with Gasteiger partial charge in [0.2, 0.25) is 5.91 Å². The van der Waals surface area contributed by atoms with Gasteiger partial charge in [0, 0.05) is 31.3 Å². The van der Waals surface area contributed by atoms with E-state index in [0.717, 1.165) is 29.5 Å². The highest BCUT2D eigenvalue weighted by atomic mass is 32.2. The van der Waals surface area contributed by atoms with Crippen molar-refractivity contribution in [2.75, 3.05) is 26.7 Å². The largest absolute Gasteiger partial charge is 0.496 e. The number of carbonyl (C=O) groups is 3. The predicted molar refractivity (Wildman–Crippen MR) is 116 cm³/mol. The Morgan fingerprint density at radius 1 is 1.25 bits per heavy atom. The fraction of sp³-hybridized carbons (Fsp3) is 0.286. The lowest BCUT2D eigenvalue weighted by Gasteiger charge is -2.18. The van der Waals surface area contributed by atoms with E-state index in [2.05, 4.69) is 0 Å². The number of likely N-dealkylation sites (tertiary alicyclic amines) is 1. The van der Waals surface area contributed by atoms with E-state index >= 15 is 0 Å². The molecule has 3 heterocycles. The van der Waals surface area contributed by atoms with E-state index in [9.17, 15) is 24.5 Å². The van der Waals surface area contributed by atoms with Gasteiger partial charge in [0.1, 0.15) is 23.8 Å². The van der Waals surface area contributed by atoms with Crippen LogP contribution in [0, 0.1) is 10.1 Å². The average Bonchev–Trinajstić information content (AvgIpc) is 3.52. The van der Waals surface area contributed by atoms with Crippen LogP contribution >= 0.6 is 11.8 Å². The van der Waals surface area contributed by atoms with Gasteiger partial charge in [-0.2, -0.15) is 0 Å². The monoisotopic (exact) mass is 457 g/mol. The zero-order valence-electron chi connectivity index (χ0n) is 17.1. The van der Waals surface area contributed by atoms with Crippen molar-refractivity contribution < 1.29 is 28.5 Å². The molecule has 1 aromatic carbocycles. The lowest BCUT2D eigenvalue weighted by atomic mass is 10.1. The normalized spacial score (nSPS) is 17.5. The molecule has 1 aromatic heterocycles. The molecule has 4 rings (SSSR count). The summed E-state index contributed by atoms with van der Waals surface area (Å²) in [5.41, 5.74) is 0.258. The minimum atomic E-state index is -0.557. The standard InChI is InChI=1S/C21H19N3O7S/c1-30-16-6-4-13(24(28)29)10-15(16)17-7-5-14(31-17)11-18-20(26)23(21(27)32-18)12-19(25)22-8-2-3-9-22/h4-7,10-11H,2-3,8-9,12H2,1H3/b18-11+. The van der Waals surface area contributed by atoms with Crippen molar-refractivity contribution in [2.24, 2.45) is 0 Å². The number of hydrogen-bond donors (Lipinski definition) is 0. The molecule has 0 bridgehead atoms. The van der Waals surface area contributed by atoms with Crippen molar-refractivity contribution in [2.45, 2.75) is 12.8 Å². The molecule has 2 saturated heterocycles. The topological polar surface area (TPSA) is 123 Å². The van der Waals surface area contributed by atoms with E-state index in [0.29, 0.717) is 30.2 Å². The summed E-state index contributed by atoms with van der Waals surface area (Å²) in [6.45, 7) is 0.999. The molecule has 2 aliphatic heterocycles. The van der Waals surface area contributed by atoms with Gasteiger partial charge in [-0.3, -0.25) is 29.4 Å². The molecule has 0 N–H and O–H groups in total. The number of non-ortho nitro benzene ring substituents is 1. The van der Waals surface area contributed by atoms with E-state index in [1.807, 2.05) is 0 Å². The summed E-state index contributed by atoms with van der Waals surface area (Å²) in [7, 11) is 1.44. The van der Waals surface area contributed by atoms with Crippen LogP contribution < -0.4 is 4.74 Å². The van der Waals surface area contributed by atoms with Crippen molar-refractivity contribution in [1.29, 1.82) is 0 Å². The lowest BCUT2D eigenvalue weighted by Crippen LogP contribution is -2.40. The molecular weight excluding hydrogens is 438 g/mol. The predicted octanol–water partition coefficient (Wildman–Crippen LogP) is 3.52. The van der Waals surface area contributed by atoms with Crippen LogP contribution in [0.1, 0.15) is 18.6 Å². The maximum absolute atomic E-state index is 12.7. The number of nitrogens with zero attached hydrogens (tertiary/aromatic N) is 3. The summed E-state index contributed by atoms with van der Waals surface area (Å²) in [5, 5.41) is 10.6. The number of ether oxygens (including phenoxy) is 1. The van der Waals surface area contributed by atoms with Gasteiger partial charge >= 0.3 is 0 Å². The summed E-state index contributed by atoms with van der Waals surface area (Å²) in [6.07, 6.45) is 3.26. The number of thioether (sulfide) groups is 1. The average molecular weight is 457 g/mol. The summed E-state index contributed by atoms with van der Waals surface area (Å²) >= 11 is 0.734. The fourth-order valence-electron chi connectivity index (χ4n) is 3.54. The minimum Gasteiger partial charge on any atom is -0.496 e. The number of methoxy groups -OCH3 is 1. The molecule has 10 nitrogen and oxygen atoms in total. The smallest absolute Gasteiger partial charge is 0.294 e. The molecule has 32 heavy (non-hydrogen) atoms. The number of benzene rings is 1. The molecule has 166 valence electrons. The van der Waals surface area contributed by atoms with E-state index < -0.39 is 16.1 Å². The van der Waals surface area contributed by atoms with Gasteiger partial charge in [-0.15, -0.1) is 0 Å². The first-order valence-corrected chi connectivity index (χ1v) is 10.6. The second-order valence-electron chi connectivity index (χ2n) is 7.20. The zero-order chi connectivity index (χ0) is 22.8. The molecule has 11 heteroatoms. The van der Waals surface area contributed by atoms with Crippen molar-refractivity contribution >= 4 is 40.6 Å². The summed E-state index contributed by atoms with van der Waals surface area (Å²) in [6, 6.07) is 7.30. The second kappa shape index (κ2) is 8.87. The number of furan rings is 1. The zero-order valence-corrected chi connectivity index (χ0v) is 17.9. The van der Waals surface area contributed by atoms with Crippen LogP contribution in [-0.4, -0.2) is 58.5 Å². The minimum absolute atomic E-state index is 0.123. The van der Waals surface area contributed by atoms with E-state index in [1.165, 1.54) is 31.4 Å². The Morgan fingerprint density at radius 3 is 2.69 bits per heavy atom. The molecule has 0 radical (unpaired) electrons. The van der Waals surface area contributed by atoms with Crippen LogP contribution in [0.4, 0.5) is 10.5 Å². The highest BCUT2D eigenvalue weighted by Crippen LogP contribution is 2.36. The van der Waals surface area contributed by atoms with Gasteiger partial charge in [-0.05, 0) is 42.8 Å². The molecule has 2 aliphatic rings. The lowest BCUT2D eigenvalue weighted by molar-refractivity contribution is -0.384. The number of hydrogen-bond acceptors (Lipinski definition) is 8. The Kier molecular flexibility index (Phi) is 5.99. The van der Waals surface area contributed by atoms with Crippen LogP contribution in [0.3, 0.4) is 0 Å². The van der Waals surface area contributed by atoms with Crippen LogP contribution in [-0.2, 0) is 9.59 Å². The Hall–Kier alpha value is -3.60. The van der Waals surface area contributed by atoms with E-state index in [1.54, 1.807) is 17.0 Å². The first kappa shape index (κ1) is 21.6. The number of imide groups is 1. The summed E-state index contributed by atoms with van der Waals surface area (Å²) in [5.74, 6) is 0.171. The van der Waals surface area contributed by atoms with Gasteiger partial charge in [-0.1, -0.05) is 0 Å². The number of amides is 3. The van der Waals surface area contributed by atoms with Crippen molar-refractivity contribution in [3.05, 3.63) is 51.1 Å². The molecule has 2 aromatic rings. The van der Waals surface area contributed by atoms with Crippen LogP contribution in [0.5, 0.6) is 5.75 Å². The van der Waals surface area contributed by atoms with Gasteiger partial charge < -0.3 is 14.1 Å². The SMILES string of the molecule is COc1ccc([N+](=O)[O-])cc1-c1ccc(/C=C2/SC(=O)N(CC(=O)N3CCCC3)C2=O)o1. The Morgan fingerprint density at radius 2 is 2.00 bits per heavy atom. The van der Waals surface area contributed by atoms with Gasteiger partial charge in [0.05, 0.1) is 22.5 Å². The van der Waals surface area contributed by atoms with Crippen molar-refractivity contribution in [3.8, 4) is 17.1 Å². The first-order valence-electron chi connectivity index (χ1n) is 9.83. The second-order valence-corrected chi connectivity index (χ2v) is 8.19. The van der Waals surface area contributed by atoms with Crippen LogP contribution in [0.2, 0.25) is 0 Å². The highest BCUT2D eigenvalue weighted by Gasteiger charge is 2.37. The Labute approximate surface area is 186 Å². The molecule has 0 saturated carbocycles. The third-order valence-corrected chi connectivity index (χ3v) is 6.09. The molecule has 3 amide bonds. The first-order chi connectivity index (χ1) is 15.4. The number of carbonyl (C=O) groups excluding carboxylic acids is 3. The Bertz CT molecular complexity index is 1130. The molecule has 2 fully saturated rings. The molecule has 0 aliphatic carbocycles. The quantitative estimate of drug-likeness (QED) is 0.367. The highest BCUT2D eigenvalue weighted by molar-refractivity contribution is 8.18. The fourth-order valence-corrected chi connectivity index (χ4v) is 4.36. The molecular formula is C21H19N3O7S. The number of nitro benzene ring substituents is 1. The third kappa shape index (κ3) is 4.24. The number of nitro groups is 1. The number of rotatable bonds is 6. The van der Waals surface area contributed by atoms with E-state index in [4.69, 9.17) is 9.15 Å². The van der Waals surface area contributed by atoms with Crippen LogP contribution in [0.25, 0.3) is 17.4 Å². The van der Waals surface area contributed by atoms with E-state index in [-0.39, 0.29) is 28.8 Å². The van der Waals surface area contributed by atoms with Gasteiger partial charge in [0.15, 0.2) is 0 Å². The van der Waals surface area contributed by atoms with Crippen molar-refractivity contribution in [1.82, 2.24) is 9.80 Å². The maximum atomic E-state index is 12.7. The summed E-state index contributed by atoms with van der Waals surface area (Å²) < 4.78 is 11.0. The molecule has 0 unspecified atom stereocenters. The van der Waals surface area contributed by atoms with Crippen molar-refractivity contribution in [3.63, 3.8) is 0 Å². The van der Waals surface area contributed by atoms with Gasteiger partial charge in [0.25, 0.3) is 16.8 Å². The maximum Gasteiger partial charge on any atom is 0.294 e. The molecule has 0 atom stereocenters. The summed E-state index contributed by atoms with van der Waals surface area (Å²) in [4.78, 5) is 50.6. The van der Waals surface area contributed by atoms with Gasteiger partial charge in [-0.25, -0.2) is 0 Å². The Balaban J connectivity index is 1.54. The molecule has 0 spiro atoms. The third-order valence-electron chi connectivity index (χ3n) is 5.19. The van der Waals surface area contributed by atoms with Crippen LogP contribution in [0.15, 0.2) is 39.7 Å².